The van der Waals surface area contributed by atoms with Crippen molar-refractivity contribution >= 4 is 45.8 Å². The van der Waals surface area contributed by atoms with Crippen LogP contribution >= 0.6 is 34.8 Å². The van der Waals surface area contributed by atoms with E-state index in [1.807, 2.05) is 18.2 Å². The molecule has 0 bridgehead atoms. The number of halogens is 3. The molecule has 0 aliphatic heterocycles. The van der Waals surface area contributed by atoms with Crippen molar-refractivity contribution in [2.75, 3.05) is 0 Å². The number of H-pyrrole nitrogens is 1. The molecule has 0 aliphatic rings. The van der Waals surface area contributed by atoms with E-state index in [2.05, 4.69) is 4.98 Å². The average molecular weight is 328 g/mol. The summed E-state index contributed by atoms with van der Waals surface area (Å²) < 4.78 is 1.55. The van der Waals surface area contributed by atoms with E-state index in [4.69, 9.17) is 34.8 Å². The molecule has 0 saturated heterocycles. The average Bonchev–Trinajstić information content (AvgIpc) is 2.63. The van der Waals surface area contributed by atoms with Gasteiger partial charge in [0.2, 0.25) is 0 Å². The minimum atomic E-state index is -0.162. The molecule has 1 N–H and O–H groups in total. The summed E-state index contributed by atoms with van der Waals surface area (Å²) in [6, 6.07) is 8.85. The Morgan fingerprint density at radius 2 is 1.70 bits per heavy atom. The van der Waals surface area contributed by atoms with Gasteiger partial charge in [0, 0.05) is 17.6 Å². The third-order valence-electron chi connectivity index (χ3n) is 3.20. The quantitative estimate of drug-likeness (QED) is 0.702. The maximum Gasteiger partial charge on any atom is 0.326 e. The molecule has 0 spiro atoms. The first kappa shape index (κ1) is 13.6. The van der Waals surface area contributed by atoms with Gasteiger partial charge in [-0.3, -0.25) is 4.57 Å². The summed E-state index contributed by atoms with van der Waals surface area (Å²) in [7, 11) is 1.71. The smallest absolute Gasteiger partial charge is 0.306 e. The van der Waals surface area contributed by atoms with Crippen molar-refractivity contribution in [2.45, 2.75) is 0 Å². The van der Waals surface area contributed by atoms with Crippen molar-refractivity contribution in [3.05, 3.63) is 55.9 Å². The number of aromatic nitrogens is 2. The van der Waals surface area contributed by atoms with Crippen LogP contribution in [-0.2, 0) is 7.05 Å². The molecule has 20 heavy (non-hydrogen) atoms. The molecule has 2 aromatic carbocycles. The van der Waals surface area contributed by atoms with Crippen LogP contribution in [0.3, 0.4) is 0 Å². The van der Waals surface area contributed by atoms with Crippen molar-refractivity contribution in [3.8, 4) is 11.1 Å². The second-order valence-corrected chi connectivity index (χ2v) is 5.72. The maximum atomic E-state index is 11.6. The normalized spacial score (nSPS) is 11.2. The van der Waals surface area contributed by atoms with Crippen LogP contribution in [0.15, 0.2) is 35.1 Å². The van der Waals surface area contributed by atoms with E-state index in [-0.39, 0.29) is 5.69 Å². The number of nitrogens with zero attached hydrogens (tertiary/aromatic N) is 1. The lowest BCUT2D eigenvalue weighted by molar-refractivity contribution is 0.891. The van der Waals surface area contributed by atoms with Crippen LogP contribution in [0.25, 0.3) is 22.2 Å². The highest BCUT2D eigenvalue weighted by atomic mass is 35.5. The number of aromatic amines is 1. The summed E-state index contributed by atoms with van der Waals surface area (Å²) in [5.41, 5.74) is 2.91. The lowest BCUT2D eigenvalue weighted by Gasteiger charge is -2.08. The Kier molecular flexibility index (Phi) is 3.28. The first-order chi connectivity index (χ1) is 9.47. The zero-order valence-electron chi connectivity index (χ0n) is 10.4. The summed E-state index contributed by atoms with van der Waals surface area (Å²) >= 11 is 18.3. The van der Waals surface area contributed by atoms with Crippen LogP contribution < -0.4 is 5.69 Å². The zero-order valence-corrected chi connectivity index (χ0v) is 12.6. The highest BCUT2D eigenvalue weighted by molar-refractivity contribution is 6.41. The van der Waals surface area contributed by atoms with E-state index >= 15 is 0 Å². The Morgan fingerprint density at radius 3 is 2.35 bits per heavy atom. The Balaban J connectivity index is 2.28. The van der Waals surface area contributed by atoms with Gasteiger partial charge in [-0.15, -0.1) is 0 Å². The largest absolute Gasteiger partial charge is 0.326 e. The van der Waals surface area contributed by atoms with Crippen molar-refractivity contribution in [1.29, 1.82) is 0 Å². The Bertz CT molecular complexity index is 857. The molecule has 0 fully saturated rings. The highest BCUT2D eigenvalue weighted by Crippen LogP contribution is 2.37. The predicted molar refractivity (Wildman–Crippen MR) is 84.0 cm³/mol. The SMILES string of the molecule is Cn1c(=O)[nH]c2cc(-c3c(Cl)cc(Cl)cc3Cl)ccc21. The van der Waals surface area contributed by atoms with E-state index in [9.17, 15) is 4.79 Å². The van der Waals surface area contributed by atoms with E-state index in [0.29, 0.717) is 20.6 Å². The molecule has 0 aliphatic carbocycles. The minimum absolute atomic E-state index is 0.162. The van der Waals surface area contributed by atoms with Crippen LogP contribution in [0, 0.1) is 0 Å². The zero-order chi connectivity index (χ0) is 14.4. The van der Waals surface area contributed by atoms with Crippen molar-refractivity contribution < 1.29 is 0 Å². The molecule has 0 radical (unpaired) electrons. The molecule has 1 aromatic heterocycles. The lowest BCUT2D eigenvalue weighted by atomic mass is 10.0. The molecule has 3 rings (SSSR count). The standard InChI is InChI=1S/C14H9Cl3N2O/c1-19-12-3-2-7(4-11(12)18-14(19)20)13-9(16)5-8(15)6-10(13)17/h2-6H,1H3,(H,18,20). The van der Waals surface area contributed by atoms with Gasteiger partial charge in [-0.2, -0.15) is 0 Å². The van der Waals surface area contributed by atoms with Crippen LogP contribution in [0.4, 0.5) is 0 Å². The van der Waals surface area contributed by atoms with Gasteiger partial charge in [0.15, 0.2) is 0 Å². The van der Waals surface area contributed by atoms with Crippen molar-refractivity contribution in [2.24, 2.45) is 7.05 Å². The fourth-order valence-electron chi connectivity index (χ4n) is 2.21. The maximum absolute atomic E-state index is 11.6. The fourth-order valence-corrected chi connectivity index (χ4v) is 3.25. The van der Waals surface area contributed by atoms with Gasteiger partial charge in [0.1, 0.15) is 0 Å². The van der Waals surface area contributed by atoms with Crippen molar-refractivity contribution in [1.82, 2.24) is 9.55 Å². The number of hydrogen-bond acceptors (Lipinski definition) is 1. The van der Waals surface area contributed by atoms with Crippen LogP contribution in [-0.4, -0.2) is 9.55 Å². The van der Waals surface area contributed by atoms with Crippen LogP contribution in [0.1, 0.15) is 0 Å². The summed E-state index contributed by atoms with van der Waals surface area (Å²) in [5.74, 6) is 0. The first-order valence-corrected chi connectivity index (χ1v) is 6.94. The summed E-state index contributed by atoms with van der Waals surface area (Å²) in [5, 5.41) is 1.43. The monoisotopic (exact) mass is 326 g/mol. The number of imidazole rings is 1. The highest BCUT2D eigenvalue weighted by Gasteiger charge is 2.12. The van der Waals surface area contributed by atoms with Crippen LogP contribution in [0.2, 0.25) is 15.1 Å². The van der Waals surface area contributed by atoms with Crippen molar-refractivity contribution in [3.63, 3.8) is 0 Å². The van der Waals surface area contributed by atoms with E-state index in [1.165, 1.54) is 0 Å². The molecule has 0 atom stereocenters. The molecule has 0 saturated carbocycles. The van der Waals surface area contributed by atoms with Gasteiger partial charge in [0.25, 0.3) is 0 Å². The second kappa shape index (κ2) is 4.85. The second-order valence-electron chi connectivity index (χ2n) is 4.47. The number of aryl methyl sites for hydroxylation is 1. The Morgan fingerprint density at radius 1 is 1.05 bits per heavy atom. The molecule has 3 aromatic rings. The van der Waals surface area contributed by atoms with Gasteiger partial charge in [-0.05, 0) is 29.8 Å². The molecule has 3 nitrogen and oxygen atoms in total. The van der Waals surface area contributed by atoms with Gasteiger partial charge in [-0.1, -0.05) is 40.9 Å². The van der Waals surface area contributed by atoms with Gasteiger partial charge < -0.3 is 4.98 Å². The Hall–Kier alpha value is -1.42. The lowest BCUT2D eigenvalue weighted by Crippen LogP contribution is -2.11. The van der Waals surface area contributed by atoms with Crippen LogP contribution in [0.5, 0.6) is 0 Å². The molecule has 1 heterocycles. The van der Waals surface area contributed by atoms with E-state index in [0.717, 1.165) is 16.6 Å². The third-order valence-corrected chi connectivity index (χ3v) is 4.01. The minimum Gasteiger partial charge on any atom is -0.306 e. The summed E-state index contributed by atoms with van der Waals surface area (Å²) in [4.78, 5) is 14.4. The number of rotatable bonds is 1. The van der Waals surface area contributed by atoms with E-state index in [1.54, 1.807) is 23.7 Å². The Labute approximate surface area is 129 Å². The summed E-state index contributed by atoms with van der Waals surface area (Å²) in [6.07, 6.45) is 0. The fraction of sp³-hybridized carbons (Fsp3) is 0.0714. The number of hydrogen-bond donors (Lipinski definition) is 1. The van der Waals surface area contributed by atoms with Gasteiger partial charge in [-0.25, -0.2) is 4.79 Å². The number of fused-ring (bicyclic) bond motifs is 1. The first-order valence-electron chi connectivity index (χ1n) is 5.81. The molecule has 0 unspecified atom stereocenters. The molecular formula is C14H9Cl3N2O. The third kappa shape index (κ3) is 2.12. The number of nitrogens with one attached hydrogen (secondary N) is 1. The summed E-state index contributed by atoms with van der Waals surface area (Å²) in [6.45, 7) is 0. The topological polar surface area (TPSA) is 37.8 Å². The van der Waals surface area contributed by atoms with Gasteiger partial charge >= 0.3 is 5.69 Å². The molecule has 102 valence electrons. The molecular weight excluding hydrogens is 319 g/mol. The predicted octanol–water partition coefficient (Wildman–Crippen LogP) is 4.49. The molecule has 6 heteroatoms. The van der Waals surface area contributed by atoms with Gasteiger partial charge in [0.05, 0.1) is 21.1 Å². The van der Waals surface area contributed by atoms with E-state index < -0.39 is 0 Å². The number of benzene rings is 2. The molecule has 0 amide bonds.